The average Bonchev–Trinajstić information content (AvgIpc) is 2.46. The molecule has 0 spiro atoms. The van der Waals surface area contributed by atoms with Crippen LogP contribution in [0.5, 0.6) is 0 Å². The molecular formula is C14H12F3N3O. The summed E-state index contributed by atoms with van der Waals surface area (Å²) >= 11 is 0. The Morgan fingerprint density at radius 3 is 2.14 bits per heavy atom. The Hall–Kier alpha value is -2.54. The number of carbonyl (C=O) groups is 1. The van der Waals surface area contributed by atoms with Gasteiger partial charge in [-0.05, 0) is 29.8 Å². The van der Waals surface area contributed by atoms with Crippen LogP contribution < -0.4 is 16.6 Å². The fourth-order valence-electron chi connectivity index (χ4n) is 1.73. The summed E-state index contributed by atoms with van der Waals surface area (Å²) in [5, 5.41) is 2.48. The third-order valence-corrected chi connectivity index (χ3v) is 2.81. The highest BCUT2D eigenvalue weighted by Gasteiger charge is 2.14. The van der Waals surface area contributed by atoms with E-state index >= 15 is 0 Å². The van der Waals surface area contributed by atoms with Crippen LogP contribution in [0.25, 0.3) is 0 Å². The Morgan fingerprint density at radius 2 is 1.62 bits per heavy atom. The van der Waals surface area contributed by atoms with Crippen LogP contribution in [0.1, 0.15) is 15.9 Å². The van der Waals surface area contributed by atoms with E-state index in [0.29, 0.717) is 5.56 Å². The molecule has 7 heteroatoms. The molecule has 4 N–H and O–H groups in total. The molecule has 0 saturated carbocycles. The number of hydrogen-bond donors (Lipinski definition) is 3. The second kappa shape index (κ2) is 6.27. The average molecular weight is 295 g/mol. The van der Waals surface area contributed by atoms with Crippen LogP contribution in [-0.4, -0.2) is 5.91 Å². The number of benzene rings is 2. The van der Waals surface area contributed by atoms with Crippen LogP contribution in [0.4, 0.5) is 18.9 Å². The van der Waals surface area contributed by atoms with Crippen molar-refractivity contribution >= 4 is 11.6 Å². The van der Waals surface area contributed by atoms with E-state index in [2.05, 4.69) is 5.32 Å². The zero-order valence-electron chi connectivity index (χ0n) is 10.8. The molecule has 0 aliphatic carbocycles. The Kier molecular flexibility index (Phi) is 4.44. The molecule has 1 amide bonds. The van der Waals surface area contributed by atoms with Gasteiger partial charge < -0.3 is 10.7 Å². The number of hydrazine groups is 1. The van der Waals surface area contributed by atoms with Crippen molar-refractivity contribution < 1.29 is 18.0 Å². The van der Waals surface area contributed by atoms with Gasteiger partial charge in [0.1, 0.15) is 11.5 Å². The number of rotatable bonds is 4. The summed E-state index contributed by atoms with van der Waals surface area (Å²) < 4.78 is 39.7. The van der Waals surface area contributed by atoms with Crippen molar-refractivity contribution in [3.05, 3.63) is 65.0 Å². The van der Waals surface area contributed by atoms with E-state index < -0.39 is 23.2 Å². The molecule has 0 bridgehead atoms. The predicted molar refractivity (Wildman–Crippen MR) is 71.7 cm³/mol. The number of hydrogen-bond acceptors (Lipinski definition) is 3. The van der Waals surface area contributed by atoms with Gasteiger partial charge in [0.05, 0.1) is 0 Å². The Balaban J connectivity index is 2.08. The minimum Gasteiger partial charge on any atom is -0.348 e. The molecule has 21 heavy (non-hydrogen) atoms. The van der Waals surface area contributed by atoms with Crippen molar-refractivity contribution in [2.24, 2.45) is 5.84 Å². The summed E-state index contributed by atoms with van der Waals surface area (Å²) in [5.41, 5.74) is 1.85. The van der Waals surface area contributed by atoms with Crippen LogP contribution in [-0.2, 0) is 6.54 Å². The first-order valence-corrected chi connectivity index (χ1v) is 5.99. The van der Waals surface area contributed by atoms with E-state index in [9.17, 15) is 18.0 Å². The zero-order chi connectivity index (χ0) is 15.4. The topological polar surface area (TPSA) is 67.1 Å². The van der Waals surface area contributed by atoms with E-state index in [1.165, 1.54) is 24.3 Å². The molecule has 0 unspecified atom stereocenters. The maximum Gasteiger partial charge on any atom is 0.251 e. The molecule has 0 saturated heterocycles. The van der Waals surface area contributed by atoms with Crippen LogP contribution in [0.2, 0.25) is 0 Å². The lowest BCUT2D eigenvalue weighted by atomic mass is 10.1. The fraction of sp³-hybridized carbons (Fsp3) is 0.0714. The number of nitrogen functional groups attached to an aromatic ring is 1. The minimum atomic E-state index is -0.968. The molecule has 0 radical (unpaired) electrons. The monoisotopic (exact) mass is 295 g/mol. The number of carbonyl (C=O) groups excluding carboxylic acids is 1. The first-order valence-electron chi connectivity index (χ1n) is 5.99. The standard InChI is InChI=1S/C14H12F3N3O/c15-10-3-1-8(2-4-10)7-19-14(21)9-5-11(16)13(20-18)12(17)6-9/h1-6,20H,7,18H2,(H,19,21). The van der Waals surface area contributed by atoms with Gasteiger partial charge in [0, 0.05) is 12.1 Å². The van der Waals surface area contributed by atoms with Crippen molar-refractivity contribution in [2.45, 2.75) is 6.54 Å². The van der Waals surface area contributed by atoms with Gasteiger partial charge in [-0.3, -0.25) is 10.6 Å². The van der Waals surface area contributed by atoms with Crippen LogP contribution >= 0.6 is 0 Å². The molecule has 110 valence electrons. The molecular weight excluding hydrogens is 283 g/mol. The number of nitrogens with two attached hydrogens (primary N) is 1. The summed E-state index contributed by atoms with van der Waals surface area (Å²) in [6, 6.07) is 7.25. The largest absolute Gasteiger partial charge is 0.348 e. The Morgan fingerprint density at radius 1 is 1.05 bits per heavy atom. The van der Waals surface area contributed by atoms with Gasteiger partial charge in [-0.25, -0.2) is 13.2 Å². The quantitative estimate of drug-likeness (QED) is 0.599. The SMILES string of the molecule is NNc1c(F)cc(C(=O)NCc2ccc(F)cc2)cc1F. The van der Waals surface area contributed by atoms with Crippen LogP contribution in [0.15, 0.2) is 36.4 Å². The highest BCUT2D eigenvalue weighted by molar-refractivity contribution is 5.94. The molecule has 0 atom stereocenters. The number of amides is 1. The van der Waals surface area contributed by atoms with Crippen molar-refractivity contribution in [1.82, 2.24) is 5.32 Å². The number of nitrogens with one attached hydrogen (secondary N) is 2. The molecule has 4 nitrogen and oxygen atoms in total. The maximum atomic E-state index is 13.5. The van der Waals surface area contributed by atoms with Gasteiger partial charge in [-0.15, -0.1) is 0 Å². The van der Waals surface area contributed by atoms with Crippen molar-refractivity contribution in [3.63, 3.8) is 0 Å². The molecule has 0 aliphatic heterocycles. The third kappa shape index (κ3) is 3.51. The summed E-state index contributed by atoms with van der Waals surface area (Å²) in [5.74, 6) is 1.99. The summed E-state index contributed by atoms with van der Waals surface area (Å²) in [4.78, 5) is 11.8. The lowest BCUT2D eigenvalue weighted by Crippen LogP contribution is -2.23. The molecule has 0 aliphatic rings. The van der Waals surface area contributed by atoms with Gasteiger partial charge >= 0.3 is 0 Å². The van der Waals surface area contributed by atoms with Gasteiger partial charge in [-0.2, -0.15) is 0 Å². The van der Waals surface area contributed by atoms with Gasteiger partial charge in [0.2, 0.25) is 0 Å². The van der Waals surface area contributed by atoms with Gasteiger partial charge in [0.15, 0.2) is 11.6 Å². The molecule has 2 aromatic carbocycles. The maximum absolute atomic E-state index is 13.5. The first kappa shape index (κ1) is 14.9. The molecule has 0 fully saturated rings. The smallest absolute Gasteiger partial charge is 0.251 e. The lowest BCUT2D eigenvalue weighted by Gasteiger charge is -2.08. The van der Waals surface area contributed by atoms with E-state index in [1.54, 1.807) is 0 Å². The van der Waals surface area contributed by atoms with E-state index in [0.717, 1.165) is 12.1 Å². The normalized spacial score (nSPS) is 10.3. The van der Waals surface area contributed by atoms with E-state index in [-0.39, 0.29) is 17.9 Å². The lowest BCUT2D eigenvalue weighted by molar-refractivity contribution is 0.0950. The molecule has 0 heterocycles. The Labute approximate surface area is 118 Å². The number of anilines is 1. The Bertz CT molecular complexity index is 636. The summed E-state index contributed by atoms with van der Waals surface area (Å²) in [7, 11) is 0. The van der Waals surface area contributed by atoms with Gasteiger partial charge in [-0.1, -0.05) is 12.1 Å². The van der Waals surface area contributed by atoms with Crippen LogP contribution in [0.3, 0.4) is 0 Å². The van der Waals surface area contributed by atoms with Crippen molar-refractivity contribution in [2.75, 3.05) is 5.43 Å². The molecule has 0 aromatic heterocycles. The fourth-order valence-corrected chi connectivity index (χ4v) is 1.73. The van der Waals surface area contributed by atoms with Crippen molar-refractivity contribution in [1.29, 1.82) is 0 Å². The van der Waals surface area contributed by atoms with Crippen LogP contribution in [0, 0.1) is 17.5 Å². The highest BCUT2D eigenvalue weighted by Crippen LogP contribution is 2.19. The van der Waals surface area contributed by atoms with E-state index in [4.69, 9.17) is 5.84 Å². The second-order valence-electron chi connectivity index (χ2n) is 4.27. The van der Waals surface area contributed by atoms with Gasteiger partial charge in [0.25, 0.3) is 5.91 Å². The molecule has 2 aromatic rings. The predicted octanol–water partition coefficient (Wildman–Crippen LogP) is 2.32. The number of halogens is 3. The minimum absolute atomic E-state index is 0.110. The third-order valence-electron chi connectivity index (χ3n) is 2.81. The zero-order valence-corrected chi connectivity index (χ0v) is 10.8. The second-order valence-corrected chi connectivity index (χ2v) is 4.27. The summed E-state index contributed by atoms with van der Waals surface area (Å²) in [6.07, 6.45) is 0. The summed E-state index contributed by atoms with van der Waals surface area (Å²) in [6.45, 7) is 0.110. The highest BCUT2D eigenvalue weighted by atomic mass is 19.1. The molecule has 2 rings (SSSR count). The van der Waals surface area contributed by atoms with Crippen molar-refractivity contribution in [3.8, 4) is 0 Å². The van der Waals surface area contributed by atoms with E-state index in [1.807, 2.05) is 5.43 Å². The first-order chi connectivity index (χ1) is 10.0.